The van der Waals surface area contributed by atoms with Gasteiger partial charge >= 0.3 is 12.4 Å². The second kappa shape index (κ2) is 4.63. The molecule has 0 spiro atoms. The normalized spacial score (nSPS) is 25.6. The first-order valence-electron chi connectivity index (χ1n) is 6.31. The van der Waals surface area contributed by atoms with Crippen LogP contribution < -0.4 is 0 Å². The van der Waals surface area contributed by atoms with E-state index in [2.05, 4.69) is 0 Å². The Balaban J connectivity index is 2.52. The highest BCUT2D eigenvalue weighted by Gasteiger charge is 2.49. The quantitative estimate of drug-likeness (QED) is 0.752. The lowest BCUT2D eigenvalue weighted by molar-refractivity contribution is -0.143. The molecule has 1 N–H and O–H groups in total. The average Bonchev–Trinajstić information content (AvgIpc) is 2.33. The van der Waals surface area contributed by atoms with Crippen LogP contribution >= 0.6 is 0 Å². The molecule has 1 aromatic carbocycles. The predicted octanol–water partition coefficient (Wildman–Crippen LogP) is 4.60. The second-order valence-electron chi connectivity index (χ2n) is 5.96. The molecule has 1 saturated carbocycles. The molecule has 1 nitrogen and oxygen atoms in total. The zero-order valence-electron chi connectivity index (χ0n) is 11.3. The zero-order chi connectivity index (χ0) is 16.2. The summed E-state index contributed by atoms with van der Waals surface area (Å²) in [6.45, 7) is 3.25. The van der Waals surface area contributed by atoms with E-state index in [1.165, 1.54) is 0 Å². The first-order chi connectivity index (χ1) is 9.33. The molecule has 1 aliphatic carbocycles. The summed E-state index contributed by atoms with van der Waals surface area (Å²) < 4.78 is 76.6. The van der Waals surface area contributed by atoms with Crippen LogP contribution in [-0.2, 0) is 12.4 Å². The first kappa shape index (κ1) is 16.1. The Morgan fingerprint density at radius 1 is 0.952 bits per heavy atom. The minimum absolute atomic E-state index is 0.0348. The smallest absolute Gasteiger partial charge is 0.393 e. The van der Waals surface area contributed by atoms with Gasteiger partial charge in [0.05, 0.1) is 17.2 Å². The summed E-state index contributed by atoms with van der Waals surface area (Å²) in [6.07, 6.45) is -10.3. The van der Waals surface area contributed by atoms with Crippen LogP contribution in [-0.4, -0.2) is 11.2 Å². The van der Waals surface area contributed by atoms with Crippen molar-refractivity contribution >= 4 is 0 Å². The molecule has 0 bridgehead atoms. The van der Waals surface area contributed by atoms with Gasteiger partial charge in [-0.2, -0.15) is 26.3 Å². The summed E-state index contributed by atoms with van der Waals surface area (Å²) in [7, 11) is 0. The summed E-state index contributed by atoms with van der Waals surface area (Å²) >= 11 is 0. The molecule has 2 unspecified atom stereocenters. The molecule has 7 heteroatoms. The lowest BCUT2D eigenvalue weighted by Gasteiger charge is -2.50. The summed E-state index contributed by atoms with van der Waals surface area (Å²) in [5.41, 5.74) is -3.41. The molecular formula is C14H14F6O. The number of halogens is 6. The van der Waals surface area contributed by atoms with Gasteiger partial charge in [-0.3, -0.25) is 0 Å². The summed E-state index contributed by atoms with van der Waals surface area (Å²) in [4.78, 5) is 0. The molecular weight excluding hydrogens is 298 g/mol. The van der Waals surface area contributed by atoms with E-state index in [4.69, 9.17) is 0 Å². The number of benzene rings is 1. The lowest BCUT2D eigenvalue weighted by atomic mass is 9.57. The Hall–Kier alpha value is -1.24. The van der Waals surface area contributed by atoms with Crippen LogP contribution in [0.25, 0.3) is 0 Å². The summed E-state index contributed by atoms with van der Waals surface area (Å²) in [5.74, 6) is -0.532. The second-order valence-corrected chi connectivity index (χ2v) is 5.96. The Bertz CT molecular complexity index is 511. The van der Waals surface area contributed by atoms with Crippen LogP contribution in [0.1, 0.15) is 42.9 Å². The lowest BCUT2D eigenvalue weighted by Crippen LogP contribution is -2.47. The molecule has 21 heavy (non-hydrogen) atoms. The SMILES string of the molecule is CC1(C)C(O)CC1c1cc(C(F)(F)F)cc(C(F)(F)F)c1. The van der Waals surface area contributed by atoms with Crippen LogP contribution in [0.15, 0.2) is 18.2 Å². The molecule has 0 heterocycles. The average molecular weight is 312 g/mol. The molecule has 0 radical (unpaired) electrons. The van der Waals surface area contributed by atoms with Gasteiger partial charge in [0.15, 0.2) is 0 Å². The number of alkyl halides is 6. The van der Waals surface area contributed by atoms with Crippen molar-refractivity contribution in [2.45, 2.75) is 44.6 Å². The third-order valence-corrected chi connectivity index (χ3v) is 4.23. The Kier molecular flexibility index (Phi) is 3.56. The fourth-order valence-corrected chi connectivity index (χ4v) is 2.65. The molecule has 2 rings (SSSR count). The van der Waals surface area contributed by atoms with E-state index in [1.807, 2.05) is 0 Å². The molecule has 1 fully saturated rings. The van der Waals surface area contributed by atoms with Crippen molar-refractivity contribution < 1.29 is 31.4 Å². The van der Waals surface area contributed by atoms with Crippen molar-refractivity contribution in [3.63, 3.8) is 0 Å². The predicted molar refractivity (Wildman–Crippen MR) is 63.6 cm³/mol. The zero-order valence-corrected chi connectivity index (χ0v) is 11.3. The topological polar surface area (TPSA) is 20.2 Å². The molecule has 1 aliphatic rings. The molecule has 2 atom stereocenters. The maximum atomic E-state index is 12.8. The van der Waals surface area contributed by atoms with E-state index in [1.54, 1.807) is 13.8 Å². The van der Waals surface area contributed by atoms with Gasteiger partial charge < -0.3 is 5.11 Å². The number of rotatable bonds is 1. The van der Waals surface area contributed by atoms with E-state index in [0.717, 1.165) is 12.1 Å². The van der Waals surface area contributed by atoms with Gasteiger partial charge in [0, 0.05) is 0 Å². The fraction of sp³-hybridized carbons (Fsp3) is 0.571. The minimum atomic E-state index is -4.84. The monoisotopic (exact) mass is 312 g/mol. The molecule has 0 aliphatic heterocycles. The van der Waals surface area contributed by atoms with Gasteiger partial charge in [0.25, 0.3) is 0 Å². The number of aliphatic hydroxyl groups is 1. The van der Waals surface area contributed by atoms with Crippen molar-refractivity contribution in [3.05, 3.63) is 34.9 Å². The van der Waals surface area contributed by atoms with Crippen LogP contribution in [0, 0.1) is 5.41 Å². The van der Waals surface area contributed by atoms with Gasteiger partial charge in [0.2, 0.25) is 0 Å². The largest absolute Gasteiger partial charge is 0.416 e. The molecule has 0 saturated heterocycles. The summed E-state index contributed by atoms with van der Waals surface area (Å²) in [6, 6.07) is 1.60. The highest BCUT2D eigenvalue weighted by molar-refractivity contribution is 5.38. The van der Waals surface area contributed by atoms with E-state index in [0.29, 0.717) is 0 Å². The van der Waals surface area contributed by atoms with Crippen molar-refractivity contribution in [2.24, 2.45) is 5.41 Å². The van der Waals surface area contributed by atoms with E-state index < -0.39 is 40.9 Å². The molecule has 0 amide bonds. The van der Waals surface area contributed by atoms with Crippen LogP contribution in [0.4, 0.5) is 26.3 Å². The van der Waals surface area contributed by atoms with Crippen LogP contribution in [0.3, 0.4) is 0 Å². The summed E-state index contributed by atoms with van der Waals surface area (Å²) in [5, 5.41) is 9.62. The molecule has 1 aromatic rings. The minimum Gasteiger partial charge on any atom is -0.393 e. The first-order valence-corrected chi connectivity index (χ1v) is 6.31. The third-order valence-electron chi connectivity index (χ3n) is 4.23. The Morgan fingerprint density at radius 2 is 1.38 bits per heavy atom. The maximum absolute atomic E-state index is 12.8. The fourth-order valence-electron chi connectivity index (χ4n) is 2.65. The van der Waals surface area contributed by atoms with Gasteiger partial charge in [-0.15, -0.1) is 0 Å². The maximum Gasteiger partial charge on any atom is 0.416 e. The van der Waals surface area contributed by atoms with Crippen LogP contribution in [0.2, 0.25) is 0 Å². The molecule has 118 valence electrons. The van der Waals surface area contributed by atoms with Gasteiger partial charge in [-0.1, -0.05) is 13.8 Å². The Morgan fingerprint density at radius 3 is 1.67 bits per heavy atom. The molecule has 0 aromatic heterocycles. The van der Waals surface area contributed by atoms with Crippen LogP contribution in [0.5, 0.6) is 0 Å². The van der Waals surface area contributed by atoms with E-state index in [9.17, 15) is 31.4 Å². The van der Waals surface area contributed by atoms with E-state index >= 15 is 0 Å². The van der Waals surface area contributed by atoms with Crippen molar-refractivity contribution in [1.29, 1.82) is 0 Å². The third kappa shape index (κ3) is 2.88. The van der Waals surface area contributed by atoms with Crippen molar-refractivity contribution in [2.75, 3.05) is 0 Å². The number of hydrogen-bond acceptors (Lipinski definition) is 1. The van der Waals surface area contributed by atoms with Gasteiger partial charge in [-0.25, -0.2) is 0 Å². The highest BCUT2D eigenvalue weighted by atomic mass is 19.4. The van der Waals surface area contributed by atoms with Gasteiger partial charge in [0.1, 0.15) is 0 Å². The van der Waals surface area contributed by atoms with E-state index in [-0.39, 0.29) is 18.1 Å². The standard InChI is InChI=1S/C14H14F6O/c1-12(2)10(6-11(12)21)7-3-8(13(15,16)17)5-9(4-7)14(18,19)20/h3-5,10-11,21H,6H2,1-2H3. The van der Waals surface area contributed by atoms with Gasteiger partial charge in [-0.05, 0) is 41.5 Å². The highest BCUT2D eigenvalue weighted by Crippen LogP contribution is 2.53. The number of hydrogen-bond donors (Lipinski definition) is 1. The van der Waals surface area contributed by atoms with Crippen molar-refractivity contribution in [1.82, 2.24) is 0 Å². The Labute approximate surface area is 117 Å². The number of aliphatic hydroxyl groups excluding tert-OH is 1. The van der Waals surface area contributed by atoms with Crippen molar-refractivity contribution in [3.8, 4) is 0 Å².